The summed E-state index contributed by atoms with van der Waals surface area (Å²) in [5.41, 5.74) is 3.36. The Morgan fingerprint density at radius 1 is 1.00 bits per heavy atom. The van der Waals surface area contributed by atoms with Gasteiger partial charge in [0.15, 0.2) is 5.78 Å². The Morgan fingerprint density at radius 2 is 1.67 bits per heavy atom. The molecule has 2 N–H and O–H groups in total. The average molecular weight is 575 g/mol. The molecular formula is C32H42N6O4. The maximum atomic E-state index is 14.1. The minimum atomic E-state index is -0.653. The SMILES string of the molecule is CNc1cc(NC(=O)CN2N=C(C3CCCCC3)c3ccccc3N(CC(=O)C(C)(C)C)C2=O)cc(N(C)C(C)=O)c1. The summed E-state index contributed by atoms with van der Waals surface area (Å²) in [6.07, 6.45) is 5.21. The van der Waals surface area contributed by atoms with Crippen molar-refractivity contribution in [1.82, 2.24) is 5.01 Å². The third kappa shape index (κ3) is 6.98. The van der Waals surface area contributed by atoms with Crippen LogP contribution >= 0.6 is 0 Å². The van der Waals surface area contributed by atoms with Gasteiger partial charge in [0.05, 0.1) is 17.9 Å². The molecule has 2 aliphatic rings. The second-order valence-corrected chi connectivity index (χ2v) is 12.1. The van der Waals surface area contributed by atoms with Crippen molar-refractivity contribution in [2.75, 3.05) is 47.6 Å². The number of carbonyl (C=O) groups is 4. The highest BCUT2D eigenvalue weighted by Crippen LogP contribution is 2.35. The molecule has 0 bridgehead atoms. The van der Waals surface area contributed by atoms with Crippen molar-refractivity contribution in [1.29, 1.82) is 0 Å². The van der Waals surface area contributed by atoms with Gasteiger partial charge in [0.25, 0.3) is 0 Å². The van der Waals surface area contributed by atoms with Crippen LogP contribution in [0.15, 0.2) is 47.6 Å². The number of anilines is 4. The normalized spacial score (nSPS) is 15.9. The van der Waals surface area contributed by atoms with Crippen molar-refractivity contribution < 1.29 is 19.2 Å². The summed E-state index contributed by atoms with van der Waals surface area (Å²) < 4.78 is 0. The molecule has 0 aromatic heterocycles. The lowest BCUT2D eigenvalue weighted by Gasteiger charge is -2.28. The second kappa shape index (κ2) is 12.8. The topological polar surface area (TPSA) is 114 Å². The molecule has 4 amide bonds. The van der Waals surface area contributed by atoms with E-state index in [2.05, 4.69) is 10.6 Å². The molecule has 42 heavy (non-hydrogen) atoms. The van der Waals surface area contributed by atoms with Gasteiger partial charge in [-0.2, -0.15) is 5.10 Å². The summed E-state index contributed by atoms with van der Waals surface area (Å²) in [6.45, 7) is 6.48. The summed E-state index contributed by atoms with van der Waals surface area (Å²) in [5, 5.41) is 12.0. The summed E-state index contributed by atoms with van der Waals surface area (Å²) in [4.78, 5) is 55.6. The number of amides is 4. The first-order chi connectivity index (χ1) is 19.9. The number of hydrogen-bond donors (Lipinski definition) is 2. The van der Waals surface area contributed by atoms with E-state index < -0.39 is 17.4 Å². The van der Waals surface area contributed by atoms with Crippen molar-refractivity contribution >= 4 is 52.1 Å². The lowest BCUT2D eigenvalue weighted by atomic mass is 9.83. The van der Waals surface area contributed by atoms with Gasteiger partial charge in [0, 0.05) is 55.0 Å². The highest BCUT2D eigenvalue weighted by Gasteiger charge is 2.36. The number of ketones is 1. The Kier molecular flexibility index (Phi) is 9.33. The predicted octanol–water partition coefficient (Wildman–Crippen LogP) is 5.49. The Hall–Kier alpha value is -4.21. The Bertz CT molecular complexity index is 1390. The number of urea groups is 1. The van der Waals surface area contributed by atoms with Gasteiger partial charge in [-0.15, -0.1) is 0 Å². The summed E-state index contributed by atoms with van der Waals surface area (Å²) in [5.74, 6) is -0.548. The van der Waals surface area contributed by atoms with E-state index in [4.69, 9.17) is 5.10 Å². The molecule has 2 aromatic carbocycles. The quantitative estimate of drug-likeness (QED) is 0.433. The lowest BCUT2D eigenvalue weighted by molar-refractivity contribution is -0.124. The van der Waals surface area contributed by atoms with Gasteiger partial charge in [-0.25, -0.2) is 9.80 Å². The minimum Gasteiger partial charge on any atom is -0.388 e. The number of carbonyl (C=O) groups excluding carboxylic acids is 4. The first kappa shape index (κ1) is 30.7. The number of rotatable bonds is 8. The molecule has 2 aromatic rings. The number of para-hydroxylation sites is 1. The van der Waals surface area contributed by atoms with Crippen LogP contribution in [0.2, 0.25) is 0 Å². The van der Waals surface area contributed by atoms with Crippen LogP contribution < -0.4 is 20.4 Å². The van der Waals surface area contributed by atoms with Gasteiger partial charge >= 0.3 is 6.03 Å². The van der Waals surface area contributed by atoms with Gasteiger partial charge in [-0.1, -0.05) is 58.2 Å². The first-order valence-corrected chi connectivity index (χ1v) is 14.6. The van der Waals surface area contributed by atoms with E-state index in [1.165, 1.54) is 21.7 Å². The van der Waals surface area contributed by atoms with Crippen LogP contribution in [0.3, 0.4) is 0 Å². The zero-order chi connectivity index (χ0) is 30.6. The molecule has 10 heteroatoms. The van der Waals surface area contributed by atoms with Crippen LogP contribution in [0.1, 0.15) is 65.4 Å². The number of benzene rings is 2. The molecule has 0 unspecified atom stereocenters. The Balaban J connectivity index is 1.69. The van der Waals surface area contributed by atoms with Crippen molar-refractivity contribution in [3.63, 3.8) is 0 Å². The number of hydrogen-bond acceptors (Lipinski definition) is 6. The molecule has 224 valence electrons. The zero-order valence-electron chi connectivity index (χ0n) is 25.5. The molecule has 1 fully saturated rings. The molecule has 0 radical (unpaired) electrons. The zero-order valence-corrected chi connectivity index (χ0v) is 25.5. The fourth-order valence-electron chi connectivity index (χ4n) is 5.25. The number of nitrogens with one attached hydrogen (secondary N) is 2. The van der Waals surface area contributed by atoms with Crippen molar-refractivity contribution in [2.45, 2.75) is 59.8 Å². The number of hydrazone groups is 1. The van der Waals surface area contributed by atoms with E-state index in [1.807, 2.05) is 45.0 Å². The maximum Gasteiger partial charge on any atom is 0.345 e. The Labute approximate surface area is 248 Å². The third-order valence-corrected chi connectivity index (χ3v) is 7.92. The smallest absolute Gasteiger partial charge is 0.345 e. The van der Waals surface area contributed by atoms with Crippen LogP contribution in [-0.4, -0.2) is 61.5 Å². The summed E-state index contributed by atoms with van der Waals surface area (Å²) in [7, 11) is 3.41. The second-order valence-electron chi connectivity index (χ2n) is 12.1. The summed E-state index contributed by atoms with van der Waals surface area (Å²) >= 11 is 0. The van der Waals surface area contributed by atoms with Crippen LogP contribution in [-0.2, 0) is 14.4 Å². The van der Waals surface area contributed by atoms with E-state index >= 15 is 0 Å². The molecule has 10 nitrogen and oxygen atoms in total. The maximum absolute atomic E-state index is 14.1. The third-order valence-electron chi connectivity index (χ3n) is 7.92. The van der Waals surface area contributed by atoms with Crippen LogP contribution in [0, 0.1) is 11.3 Å². The molecule has 1 heterocycles. The summed E-state index contributed by atoms with van der Waals surface area (Å²) in [6, 6.07) is 12.3. The molecular weight excluding hydrogens is 532 g/mol. The molecule has 0 saturated heterocycles. The highest BCUT2D eigenvalue weighted by atomic mass is 16.2. The van der Waals surface area contributed by atoms with Gasteiger partial charge in [-0.3, -0.25) is 19.3 Å². The average Bonchev–Trinajstić information content (AvgIpc) is 3.07. The van der Waals surface area contributed by atoms with Crippen LogP contribution in [0.25, 0.3) is 0 Å². The van der Waals surface area contributed by atoms with E-state index in [0.29, 0.717) is 22.7 Å². The molecule has 0 spiro atoms. The number of Topliss-reactive ketones (excluding diaryl/α,β-unsaturated/α-hetero) is 1. The Morgan fingerprint density at radius 3 is 2.31 bits per heavy atom. The standard InChI is InChI=1S/C32H42N6O4/c1-21(39)36(6)25-17-23(33-5)16-24(18-25)34-29(41)20-38-31(42)37(19-28(40)32(2,3)4)27-15-11-10-14-26(27)30(35-38)22-12-8-7-9-13-22/h10-11,14-18,22,33H,7-9,12-13,19-20H2,1-6H3,(H,34,41). The van der Waals surface area contributed by atoms with Crippen LogP contribution in [0.5, 0.6) is 0 Å². The van der Waals surface area contributed by atoms with Gasteiger partial charge in [0.1, 0.15) is 6.54 Å². The largest absolute Gasteiger partial charge is 0.388 e. The molecule has 1 aliphatic carbocycles. The lowest BCUT2D eigenvalue weighted by Crippen LogP contribution is -2.47. The fraction of sp³-hybridized carbons (Fsp3) is 0.469. The first-order valence-electron chi connectivity index (χ1n) is 14.6. The minimum absolute atomic E-state index is 0.0952. The van der Waals surface area contributed by atoms with Crippen molar-refractivity contribution in [3.8, 4) is 0 Å². The molecule has 4 rings (SSSR count). The van der Waals surface area contributed by atoms with E-state index in [-0.39, 0.29) is 30.7 Å². The predicted molar refractivity (Wildman–Crippen MR) is 167 cm³/mol. The number of fused-ring (bicyclic) bond motifs is 1. The number of nitrogens with zero attached hydrogens (tertiary/aromatic N) is 4. The molecule has 1 aliphatic heterocycles. The van der Waals surface area contributed by atoms with Gasteiger partial charge in [0.2, 0.25) is 11.8 Å². The van der Waals surface area contributed by atoms with Crippen LogP contribution in [0.4, 0.5) is 27.5 Å². The molecule has 1 saturated carbocycles. The van der Waals surface area contributed by atoms with Crippen molar-refractivity contribution in [3.05, 3.63) is 48.0 Å². The highest BCUT2D eigenvalue weighted by molar-refractivity contribution is 6.13. The van der Waals surface area contributed by atoms with E-state index in [1.54, 1.807) is 32.3 Å². The van der Waals surface area contributed by atoms with Gasteiger partial charge < -0.3 is 15.5 Å². The van der Waals surface area contributed by atoms with Gasteiger partial charge in [-0.05, 0) is 37.1 Å². The fourth-order valence-corrected chi connectivity index (χ4v) is 5.25. The van der Waals surface area contributed by atoms with E-state index in [0.717, 1.165) is 43.4 Å². The monoisotopic (exact) mass is 574 g/mol. The van der Waals surface area contributed by atoms with E-state index in [9.17, 15) is 19.2 Å². The van der Waals surface area contributed by atoms with Crippen molar-refractivity contribution in [2.24, 2.45) is 16.4 Å². The molecule has 0 atom stereocenters.